The first-order valence-corrected chi connectivity index (χ1v) is 7.64. The zero-order chi connectivity index (χ0) is 14.5. The molecule has 0 amide bonds. The largest absolute Gasteiger partial charge is 0.394 e. The Bertz CT molecular complexity index is 261. The summed E-state index contributed by atoms with van der Waals surface area (Å²) in [5.74, 6) is 0. The molecule has 0 spiro atoms. The topological polar surface area (TPSA) is 44.7 Å². The Morgan fingerprint density at radius 3 is 2.63 bits per heavy atom. The second kappa shape index (κ2) is 7.58. The third-order valence-corrected chi connectivity index (χ3v) is 3.98. The van der Waals surface area contributed by atoms with Crippen LogP contribution in [-0.2, 0) is 4.74 Å². The lowest BCUT2D eigenvalue weighted by molar-refractivity contribution is -0.0475. The molecule has 0 saturated carbocycles. The molecule has 4 nitrogen and oxygen atoms in total. The highest BCUT2D eigenvalue weighted by atomic mass is 16.5. The maximum absolute atomic E-state index is 9.67. The average molecular weight is 272 g/mol. The van der Waals surface area contributed by atoms with Crippen molar-refractivity contribution in [2.75, 3.05) is 26.3 Å². The summed E-state index contributed by atoms with van der Waals surface area (Å²) in [7, 11) is 0. The number of rotatable bonds is 7. The van der Waals surface area contributed by atoms with Crippen LogP contribution in [-0.4, -0.2) is 60.0 Å². The third kappa shape index (κ3) is 5.38. The highest BCUT2D eigenvalue weighted by molar-refractivity contribution is 4.89. The standard InChI is InChI=1S/C15H32N2O2/c1-6-14-10-17(7-8-19-14)13(4)9-15(5,11-18)16-12(2)3/h12-14,16,18H,6-11H2,1-5H3. The van der Waals surface area contributed by atoms with Gasteiger partial charge in [0, 0.05) is 30.7 Å². The third-order valence-electron chi connectivity index (χ3n) is 3.98. The zero-order valence-corrected chi connectivity index (χ0v) is 13.3. The van der Waals surface area contributed by atoms with E-state index in [1.165, 1.54) is 0 Å². The summed E-state index contributed by atoms with van der Waals surface area (Å²) in [4.78, 5) is 2.49. The van der Waals surface area contributed by atoms with Gasteiger partial charge in [0.1, 0.15) is 0 Å². The molecule has 0 bridgehead atoms. The summed E-state index contributed by atoms with van der Waals surface area (Å²) in [6.07, 6.45) is 2.40. The minimum absolute atomic E-state index is 0.178. The van der Waals surface area contributed by atoms with Gasteiger partial charge in [0.2, 0.25) is 0 Å². The van der Waals surface area contributed by atoms with E-state index in [0.29, 0.717) is 18.2 Å². The molecular formula is C15H32N2O2. The monoisotopic (exact) mass is 272 g/mol. The molecule has 1 rings (SSSR count). The summed E-state index contributed by atoms with van der Waals surface area (Å²) in [5, 5.41) is 13.2. The van der Waals surface area contributed by atoms with Crippen molar-refractivity contribution in [2.45, 2.75) is 71.2 Å². The van der Waals surface area contributed by atoms with Crippen molar-refractivity contribution in [1.82, 2.24) is 10.2 Å². The van der Waals surface area contributed by atoms with Crippen molar-refractivity contribution in [3.05, 3.63) is 0 Å². The fraction of sp³-hybridized carbons (Fsp3) is 1.00. The van der Waals surface area contributed by atoms with Gasteiger partial charge in [0.05, 0.1) is 19.3 Å². The van der Waals surface area contributed by atoms with Crippen LogP contribution < -0.4 is 5.32 Å². The Kier molecular flexibility index (Phi) is 6.74. The predicted octanol–water partition coefficient (Wildman–Crippen LogP) is 1.62. The van der Waals surface area contributed by atoms with E-state index in [1.807, 2.05) is 0 Å². The highest BCUT2D eigenvalue weighted by Gasteiger charge is 2.30. The molecule has 19 heavy (non-hydrogen) atoms. The summed E-state index contributed by atoms with van der Waals surface area (Å²) in [5.41, 5.74) is -0.201. The lowest BCUT2D eigenvalue weighted by Crippen LogP contribution is -2.55. The number of nitrogens with zero attached hydrogens (tertiary/aromatic N) is 1. The number of aliphatic hydroxyl groups excluding tert-OH is 1. The van der Waals surface area contributed by atoms with E-state index in [0.717, 1.165) is 32.5 Å². The number of ether oxygens (including phenoxy) is 1. The molecule has 1 fully saturated rings. The first kappa shape index (κ1) is 16.9. The molecule has 1 aliphatic rings. The van der Waals surface area contributed by atoms with Gasteiger partial charge < -0.3 is 15.2 Å². The summed E-state index contributed by atoms with van der Waals surface area (Å²) in [6.45, 7) is 13.8. The van der Waals surface area contributed by atoms with Crippen molar-refractivity contribution in [3.63, 3.8) is 0 Å². The van der Waals surface area contributed by atoms with E-state index in [2.05, 4.69) is 44.8 Å². The van der Waals surface area contributed by atoms with Crippen molar-refractivity contribution in [3.8, 4) is 0 Å². The minimum Gasteiger partial charge on any atom is -0.394 e. The van der Waals surface area contributed by atoms with Gasteiger partial charge in [-0.15, -0.1) is 0 Å². The molecule has 0 aromatic rings. The number of hydrogen-bond donors (Lipinski definition) is 2. The van der Waals surface area contributed by atoms with Gasteiger partial charge in [-0.05, 0) is 26.7 Å². The summed E-state index contributed by atoms with van der Waals surface area (Å²) in [6, 6.07) is 0.846. The minimum atomic E-state index is -0.201. The number of hydrogen-bond acceptors (Lipinski definition) is 4. The smallest absolute Gasteiger partial charge is 0.0700 e. The fourth-order valence-electron chi connectivity index (χ4n) is 3.04. The zero-order valence-electron chi connectivity index (χ0n) is 13.3. The lowest BCUT2D eigenvalue weighted by atomic mass is 9.92. The first-order valence-electron chi connectivity index (χ1n) is 7.64. The summed E-state index contributed by atoms with van der Waals surface area (Å²) >= 11 is 0. The second-order valence-electron chi connectivity index (χ2n) is 6.47. The van der Waals surface area contributed by atoms with Crippen LogP contribution in [0.4, 0.5) is 0 Å². The van der Waals surface area contributed by atoms with Gasteiger partial charge >= 0.3 is 0 Å². The van der Waals surface area contributed by atoms with Gasteiger partial charge in [-0.1, -0.05) is 20.8 Å². The molecule has 3 atom stereocenters. The Morgan fingerprint density at radius 2 is 2.11 bits per heavy atom. The van der Waals surface area contributed by atoms with Gasteiger partial charge in [0.25, 0.3) is 0 Å². The van der Waals surface area contributed by atoms with E-state index in [4.69, 9.17) is 4.74 Å². The Hall–Kier alpha value is -0.160. The van der Waals surface area contributed by atoms with Crippen LogP contribution in [0.15, 0.2) is 0 Å². The van der Waals surface area contributed by atoms with E-state index >= 15 is 0 Å². The number of morpholine rings is 1. The van der Waals surface area contributed by atoms with Crippen LogP contribution in [0.25, 0.3) is 0 Å². The lowest BCUT2D eigenvalue weighted by Gasteiger charge is -2.41. The predicted molar refractivity (Wildman–Crippen MR) is 79.4 cm³/mol. The summed E-state index contributed by atoms with van der Waals surface area (Å²) < 4.78 is 5.72. The van der Waals surface area contributed by atoms with Gasteiger partial charge in [-0.2, -0.15) is 0 Å². The van der Waals surface area contributed by atoms with Crippen molar-refractivity contribution < 1.29 is 9.84 Å². The first-order chi connectivity index (χ1) is 8.90. The highest BCUT2D eigenvalue weighted by Crippen LogP contribution is 2.19. The van der Waals surface area contributed by atoms with Crippen molar-refractivity contribution in [2.24, 2.45) is 0 Å². The molecule has 3 unspecified atom stereocenters. The number of nitrogens with one attached hydrogen (secondary N) is 1. The van der Waals surface area contributed by atoms with Crippen LogP contribution in [0.2, 0.25) is 0 Å². The molecule has 1 aliphatic heterocycles. The molecule has 1 saturated heterocycles. The van der Waals surface area contributed by atoms with Crippen LogP contribution >= 0.6 is 0 Å². The van der Waals surface area contributed by atoms with Crippen LogP contribution in [0, 0.1) is 0 Å². The molecule has 0 aromatic carbocycles. The molecule has 0 aliphatic carbocycles. The Morgan fingerprint density at radius 1 is 1.42 bits per heavy atom. The molecule has 114 valence electrons. The maximum atomic E-state index is 9.67. The number of aliphatic hydroxyl groups is 1. The molecule has 0 aromatic heterocycles. The second-order valence-corrected chi connectivity index (χ2v) is 6.47. The van der Waals surface area contributed by atoms with Crippen LogP contribution in [0.1, 0.15) is 47.5 Å². The van der Waals surface area contributed by atoms with Crippen LogP contribution in [0.5, 0.6) is 0 Å². The molecular weight excluding hydrogens is 240 g/mol. The Balaban J connectivity index is 2.54. The average Bonchev–Trinajstić information content (AvgIpc) is 2.37. The Labute approximate surface area is 118 Å². The SMILES string of the molecule is CCC1CN(C(C)CC(C)(CO)NC(C)C)CCO1. The van der Waals surface area contributed by atoms with E-state index in [9.17, 15) is 5.11 Å². The molecule has 2 N–H and O–H groups in total. The quantitative estimate of drug-likeness (QED) is 0.739. The molecule has 4 heteroatoms. The van der Waals surface area contributed by atoms with E-state index in [1.54, 1.807) is 0 Å². The molecule has 1 heterocycles. The van der Waals surface area contributed by atoms with Crippen LogP contribution in [0.3, 0.4) is 0 Å². The van der Waals surface area contributed by atoms with Gasteiger partial charge in [0.15, 0.2) is 0 Å². The molecule has 0 radical (unpaired) electrons. The van der Waals surface area contributed by atoms with Crippen molar-refractivity contribution >= 4 is 0 Å². The van der Waals surface area contributed by atoms with Gasteiger partial charge in [-0.25, -0.2) is 0 Å². The normalized spacial score (nSPS) is 26.4. The van der Waals surface area contributed by atoms with Crippen molar-refractivity contribution in [1.29, 1.82) is 0 Å². The van der Waals surface area contributed by atoms with E-state index < -0.39 is 0 Å². The van der Waals surface area contributed by atoms with E-state index in [-0.39, 0.29) is 12.1 Å². The van der Waals surface area contributed by atoms with Gasteiger partial charge in [-0.3, -0.25) is 4.90 Å². The fourth-order valence-corrected chi connectivity index (χ4v) is 3.04. The maximum Gasteiger partial charge on any atom is 0.0700 e.